The molecule has 1 fully saturated rings. The van der Waals surface area contributed by atoms with Crippen LogP contribution in [0.3, 0.4) is 0 Å². The number of sulfonamides is 1. The van der Waals surface area contributed by atoms with Crippen molar-refractivity contribution in [2.45, 2.75) is 10.9 Å². The van der Waals surface area contributed by atoms with Crippen LogP contribution in [0, 0.1) is 5.82 Å². The minimum absolute atomic E-state index is 0.0434. The molecule has 0 saturated carbocycles. The second-order valence-electron chi connectivity index (χ2n) is 7.46. The highest BCUT2D eigenvalue weighted by Crippen LogP contribution is 2.31. The maximum Gasteiger partial charge on any atom is 0.243 e. The van der Waals surface area contributed by atoms with E-state index in [-0.39, 0.29) is 16.7 Å². The standard InChI is InChI=1S/C24H25FN2O3S/c1-30-23-18-21(12-13-22(23)25)31(28,29)27-16-14-26(15-17-27)24(19-8-4-2-5-9-19)20-10-6-3-7-11-20/h2-13,18,24H,14-17H2,1H3. The van der Waals surface area contributed by atoms with Gasteiger partial charge in [0.05, 0.1) is 18.0 Å². The molecule has 0 spiro atoms. The van der Waals surface area contributed by atoms with Gasteiger partial charge in [0.2, 0.25) is 10.0 Å². The molecular weight excluding hydrogens is 415 g/mol. The number of benzene rings is 3. The highest BCUT2D eigenvalue weighted by Gasteiger charge is 2.32. The summed E-state index contributed by atoms with van der Waals surface area (Å²) in [6.45, 7) is 1.90. The summed E-state index contributed by atoms with van der Waals surface area (Å²) in [4.78, 5) is 2.35. The van der Waals surface area contributed by atoms with Gasteiger partial charge in [-0.3, -0.25) is 4.90 Å². The fourth-order valence-electron chi connectivity index (χ4n) is 4.04. The van der Waals surface area contributed by atoms with Gasteiger partial charge in [-0.1, -0.05) is 60.7 Å². The van der Waals surface area contributed by atoms with Crippen LogP contribution in [0.4, 0.5) is 4.39 Å². The van der Waals surface area contributed by atoms with E-state index in [1.165, 1.54) is 34.7 Å². The van der Waals surface area contributed by atoms with Crippen molar-refractivity contribution >= 4 is 10.0 Å². The normalized spacial score (nSPS) is 15.8. The van der Waals surface area contributed by atoms with Crippen molar-refractivity contribution in [3.8, 4) is 5.75 Å². The summed E-state index contributed by atoms with van der Waals surface area (Å²) < 4.78 is 46.4. The fourth-order valence-corrected chi connectivity index (χ4v) is 5.47. The van der Waals surface area contributed by atoms with Crippen molar-refractivity contribution in [1.82, 2.24) is 9.21 Å². The molecule has 3 aromatic carbocycles. The van der Waals surface area contributed by atoms with Gasteiger partial charge in [0.15, 0.2) is 11.6 Å². The van der Waals surface area contributed by atoms with Crippen molar-refractivity contribution in [2.24, 2.45) is 0 Å². The van der Waals surface area contributed by atoms with E-state index in [1.807, 2.05) is 36.4 Å². The van der Waals surface area contributed by atoms with Crippen LogP contribution in [0.2, 0.25) is 0 Å². The van der Waals surface area contributed by atoms with E-state index in [0.29, 0.717) is 26.2 Å². The first-order valence-electron chi connectivity index (χ1n) is 10.2. The first-order chi connectivity index (χ1) is 15.0. The first-order valence-corrected chi connectivity index (χ1v) is 11.6. The van der Waals surface area contributed by atoms with Gasteiger partial charge in [0, 0.05) is 32.2 Å². The third-order valence-electron chi connectivity index (χ3n) is 5.63. The molecule has 0 bridgehead atoms. The molecule has 1 saturated heterocycles. The first kappa shape index (κ1) is 21.5. The largest absolute Gasteiger partial charge is 0.494 e. The quantitative estimate of drug-likeness (QED) is 0.583. The second-order valence-corrected chi connectivity index (χ2v) is 9.40. The lowest BCUT2D eigenvalue weighted by Gasteiger charge is -2.39. The third-order valence-corrected chi connectivity index (χ3v) is 7.52. The number of hydrogen-bond donors (Lipinski definition) is 0. The molecule has 0 amide bonds. The van der Waals surface area contributed by atoms with Crippen molar-refractivity contribution in [1.29, 1.82) is 0 Å². The second kappa shape index (κ2) is 9.18. The summed E-state index contributed by atoms with van der Waals surface area (Å²) in [6.07, 6.45) is 0. The van der Waals surface area contributed by atoms with Crippen LogP contribution < -0.4 is 4.74 Å². The molecule has 1 aliphatic heterocycles. The number of ether oxygens (including phenoxy) is 1. The van der Waals surface area contributed by atoms with Gasteiger partial charge in [0.25, 0.3) is 0 Å². The van der Waals surface area contributed by atoms with E-state index in [1.54, 1.807) is 0 Å². The molecule has 1 heterocycles. The zero-order valence-corrected chi connectivity index (χ0v) is 18.1. The lowest BCUT2D eigenvalue weighted by molar-refractivity contribution is 0.156. The lowest BCUT2D eigenvalue weighted by atomic mass is 9.96. The molecule has 4 rings (SSSR count). The maximum absolute atomic E-state index is 13.7. The van der Waals surface area contributed by atoms with Gasteiger partial charge in [0.1, 0.15) is 0 Å². The zero-order chi connectivity index (χ0) is 21.8. The molecule has 0 radical (unpaired) electrons. The zero-order valence-electron chi connectivity index (χ0n) is 17.3. The van der Waals surface area contributed by atoms with Gasteiger partial charge in [-0.25, -0.2) is 12.8 Å². The van der Waals surface area contributed by atoms with E-state index in [4.69, 9.17) is 4.74 Å². The fraction of sp³-hybridized carbons (Fsp3) is 0.250. The number of hydrogen-bond acceptors (Lipinski definition) is 4. The molecule has 31 heavy (non-hydrogen) atoms. The van der Waals surface area contributed by atoms with Crippen LogP contribution in [0.25, 0.3) is 0 Å². The molecule has 5 nitrogen and oxygen atoms in total. The van der Waals surface area contributed by atoms with Crippen molar-refractivity contribution in [3.05, 3.63) is 95.8 Å². The molecule has 0 unspecified atom stereocenters. The summed E-state index contributed by atoms with van der Waals surface area (Å²) in [5, 5.41) is 0. The van der Waals surface area contributed by atoms with Crippen molar-refractivity contribution < 1.29 is 17.5 Å². The van der Waals surface area contributed by atoms with Gasteiger partial charge < -0.3 is 4.74 Å². The Morgan fingerprint density at radius 2 is 1.39 bits per heavy atom. The minimum Gasteiger partial charge on any atom is -0.494 e. The summed E-state index contributed by atoms with van der Waals surface area (Å²) >= 11 is 0. The smallest absolute Gasteiger partial charge is 0.243 e. The SMILES string of the molecule is COc1cc(S(=O)(=O)N2CCN(C(c3ccccc3)c3ccccc3)CC2)ccc1F. The van der Waals surface area contributed by atoms with E-state index in [0.717, 1.165) is 6.07 Å². The molecule has 0 atom stereocenters. The number of rotatable bonds is 6. The predicted octanol–water partition coefficient (Wildman–Crippen LogP) is 3.93. The van der Waals surface area contributed by atoms with Crippen molar-refractivity contribution in [3.63, 3.8) is 0 Å². The minimum atomic E-state index is -3.73. The Balaban J connectivity index is 1.55. The molecule has 7 heteroatoms. The molecule has 0 N–H and O–H groups in total. The molecule has 1 aliphatic rings. The molecular formula is C24H25FN2O3S. The number of methoxy groups -OCH3 is 1. The Kier molecular flexibility index (Phi) is 6.36. The number of nitrogens with zero attached hydrogens (tertiary/aromatic N) is 2. The average Bonchev–Trinajstić information content (AvgIpc) is 2.81. The van der Waals surface area contributed by atoms with Crippen LogP contribution in [0.1, 0.15) is 17.2 Å². The Labute approximate surface area is 182 Å². The van der Waals surface area contributed by atoms with Crippen LogP contribution in [0.15, 0.2) is 83.8 Å². The predicted molar refractivity (Wildman–Crippen MR) is 118 cm³/mol. The topological polar surface area (TPSA) is 49.9 Å². The van der Waals surface area contributed by atoms with Gasteiger partial charge >= 0.3 is 0 Å². The van der Waals surface area contributed by atoms with Crippen molar-refractivity contribution in [2.75, 3.05) is 33.3 Å². The van der Waals surface area contributed by atoms with E-state index in [2.05, 4.69) is 29.2 Å². The van der Waals surface area contributed by atoms with Crippen LogP contribution in [0.5, 0.6) is 5.75 Å². The summed E-state index contributed by atoms with van der Waals surface area (Å²) in [5.41, 5.74) is 2.35. The summed E-state index contributed by atoms with van der Waals surface area (Å²) in [7, 11) is -2.41. The summed E-state index contributed by atoms with van der Waals surface area (Å²) in [6, 6.07) is 24.2. The summed E-state index contributed by atoms with van der Waals surface area (Å²) in [5.74, 6) is -0.659. The van der Waals surface area contributed by atoms with E-state index in [9.17, 15) is 12.8 Å². The average molecular weight is 441 g/mol. The number of halogens is 1. The molecule has 162 valence electrons. The van der Waals surface area contributed by atoms with Gasteiger partial charge in [-0.2, -0.15) is 4.31 Å². The molecule has 0 aromatic heterocycles. The van der Waals surface area contributed by atoms with Crippen LogP contribution in [-0.2, 0) is 10.0 Å². The van der Waals surface area contributed by atoms with Gasteiger partial charge in [-0.15, -0.1) is 0 Å². The molecule has 3 aromatic rings. The highest BCUT2D eigenvalue weighted by molar-refractivity contribution is 7.89. The van der Waals surface area contributed by atoms with Crippen LogP contribution in [-0.4, -0.2) is 50.9 Å². The van der Waals surface area contributed by atoms with Gasteiger partial charge in [-0.05, 0) is 23.3 Å². The maximum atomic E-state index is 13.7. The third kappa shape index (κ3) is 4.49. The lowest BCUT2D eigenvalue weighted by Crippen LogP contribution is -2.49. The molecule has 0 aliphatic carbocycles. The van der Waals surface area contributed by atoms with E-state index < -0.39 is 15.8 Å². The monoisotopic (exact) mass is 440 g/mol. The number of piperazine rings is 1. The van der Waals surface area contributed by atoms with E-state index >= 15 is 0 Å². The Hall–Kier alpha value is -2.74. The van der Waals surface area contributed by atoms with Crippen LogP contribution >= 0.6 is 0 Å². The highest BCUT2D eigenvalue weighted by atomic mass is 32.2. The Morgan fingerprint density at radius 1 is 0.839 bits per heavy atom. The Bertz CT molecular complexity index is 1080. The Morgan fingerprint density at radius 3 is 1.90 bits per heavy atom.